The van der Waals surface area contributed by atoms with Gasteiger partial charge in [-0.05, 0) is 50.3 Å². The Balaban J connectivity index is 1.65. The van der Waals surface area contributed by atoms with Gasteiger partial charge >= 0.3 is 0 Å². The first-order valence-electron chi connectivity index (χ1n) is 7.90. The maximum atomic E-state index is 11.9. The van der Waals surface area contributed by atoms with Crippen LogP contribution in [0.3, 0.4) is 0 Å². The van der Waals surface area contributed by atoms with Crippen LogP contribution in [0.4, 0.5) is 0 Å². The Morgan fingerprint density at radius 3 is 2.43 bits per heavy atom. The molecular weight excluding hydrogens is 284 g/mol. The number of amides is 1. The first-order chi connectivity index (χ1) is 10.1. The minimum atomic E-state index is 0.251. The highest BCUT2D eigenvalue weighted by Gasteiger charge is 2.29. The number of benzene rings is 1. The van der Waals surface area contributed by atoms with Gasteiger partial charge in [0, 0.05) is 37.1 Å². The fourth-order valence-electron chi connectivity index (χ4n) is 2.91. The lowest BCUT2D eigenvalue weighted by atomic mass is 9.76. The van der Waals surface area contributed by atoms with Crippen molar-refractivity contribution in [2.24, 2.45) is 0 Å². The molecule has 0 heterocycles. The van der Waals surface area contributed by atoms with E-state index >= 15 is 0 Å². The van der Waals surface area contributed by atoms with E-state index in [1.165, 1.54) is 5.56 Å². The first kappa shape index (κ1) is 16.3. The molecule has 116 valence electrons. The Morgan fingerprint density at radius 2 is 1.86 bits per heavy atom. The highest BCUT2D eigenvalue weighted by atomic mass is 35.5. The van der Waals surface area contributed by atoms with Crippen LogP contribution in [0.15, 0.2) is 24.3 Å². The summed E-state index contributed by atoms with van der Waals surface area (Å²) in [6.45, 7) is 6.44. The fourth-order valence-corrected chi connectivity index (χ4v) is 3.04. The molecule has 1 amide bonds. The molecule has 0 spiro atoms. The second-order valence-corrected chi connectivity index (χ2v) is 6.12. The van der Waals surface area contributed by atoms with Gasteiger partial charge in [0.2, 0.25) is 5.91 Å². The van der Waals surface area contributed by atoms with E-state index in [1.54, 1.807) is 0 Å². The molecule has 1 saturated carbocycles. The van der Waals surface area contributed by atoms with Gasteiger partial charge in [0.05, 0.1) is 0 Å². The van der Waals surface area contributed by atoms with Crippen molar-refractivity contribution in [1.29, 1.82) is 0 Å². The third-order valence-corrected chi connectivity index (χ3v) is 4.62. The van der Waals surface area contributed by atoms with E-state index in [2.05, 4.69) is 17.4 Å². The highest BCUT2D eigenvalue weighted by Crippen LogP contribution is 2.37. The quantitative estimate of drug-likeness (QED) is 0.837. The van der Waals surface area contributed by atoms with Gasteiger partial charge in [0.1, 0.15) is 0 Å². The molecule has 3 nitrogen and oxygen atoms in total. The molecule has 0 unspecified atom stereocenters. The number of rotatable bonds is 7. The lowest BCUT2D eigenvalue weighted by Crippen LogP contribution is -2.42. The Bertz CT molecular complexity index is 450. The Kier molecular flexibility index (Phi) is 6.07. The number of carbonyl (C=O) groups is 1. The van der Waals surface area contributed by atoms with E-state index in [4.69, 9.17) is 11.6 Å². The smallest absolute Gasteiger partial charge is 0.223 e. The highest BCUT2D eigenvalue weighted by molar-refractivity contribution is 6.30. The molecule has 0 atom stereocenters. The minimum absolute atomic E-state index is 0.251. The van der Waals surface area contributed by atoms with E-state index in [0.717, 1.165) is 37.5 Å². The summed E-state index contributed by atoms with van der Waals surface area (Å²) in [5.41, 5.74) is 1.37. The first-order valence-corrected chi connectivity index (χ1v) is 8.28. The number of hydrogen-bond donors (Lipinski definition) is 1. The molecule has 1 aliphatic rings. The Labute approximate surface area is 132 Å². The molecule has 0 saturated heterocycles. The van der Waals surface area contributed by atoms with Crippen LogP contribution in [0.5, 0.6) is 0 Å². The number of halogens is 1. The predicted octanol–water partition coefficient (Wildman–Crippen LogP) is 3.43. The fraction of sp³-hybridized carbons (Fsp3) is 0.588. The second-order valence-electron chi connectivity index (χ2n) is 5.69. The third-order valence-electron chi connectivity index (χ3n) is 4.37. The van der Waals surface area contributed by atoms with Gasteiger partial charge in [-0.15, -0.1) is 0 Å². The number of carbonyl (C=O) groups excluding carboxylic acids is 1. The number of nitrogens with one attached hydrogen (secondary N) is 1. The standard InChI is InChI=1S/C17H25ClN2O/c1-3-20(4-2)17(21)9-10-19-16-11-14(12-16)13-5-7-15(18)8-6-13/h5-8,14,16,19H,3-4,9-12H2,1-2H3. The van der Waals surface area contributed by atoms with Gasteiger partial charge in [-0.3, -0.25) is 4.79 Å². The van der Waals surface area contributed by atoms with Gasteiger partial charge < -0.3 is 10.2 Å². The van der Waals surface area contributed by atoms with Gasteiger partial charge in [0.15, 0.2) is 0 Å². The van der Waals surface area contributed by atoms with E-state index in [0.29, 0.717) is 18.4 Å². The van der Waals surface area contributed by atoms with Crippen molar-refractivity contribution in [2.45, 2.75) is 45.1 Å². The van der Waals surface area contributed by atoms with Crippen LogP contribution in [0, 0.1) is 0 Å². The largest absolute Gasteiger partial charge is 0.343 e. The molecule has 4 heteroatoms. The van der Waals surface area contributed by atoms with E-state index in [-0.39, 0.29) is 5.91 Å². The molecule has 0 aliphatic heterocycles. The van der Waals surface area contributed by atoms with Gasteiger partial charge in [-0.25, -0.2) is 0 Å². The molecule has 1 N–H and O–H groups in total. The van der Waals surface area contributed by atoms with Gasteiger partial charge in [0.25, 0.3) is 0 Å². The van der Waals surface area contributed by atoms with Gasteiger partial charge in [-0.1, -0.05) is 23.7 Å². The molecule has 0 bridgehead atoms. The summed E-state index contributed by atoms with van der Waals surface area (Å²) in [6.07, 6.45) is 2.91. The number of hydrogen-bond acceptors (Lipinski definition) is 2. The van der Waals surface area contributed by atoms with Crippen LogP contribution in [0.2, 0.25) is 5.02 Å². The van der Waals surface area contributed by atoms with Crippen molar-refractivity contribution < 1.29 is 4.79 Å². The van der Waals surface area contributed by atoms with E-state index < -0.39 is 0 Å². The summed E-state index contributed by atoms with van der Waals surface area (Å²) in [7, 11) is 0. The molecule has 1 aromatic carbocycles. The monoisotopic (exact) mass is 308 g/mol. The maximum Gasteiger partial charge on any atom is 0.223 e. The zero-order valence-electron chi connectivity index (χ0n) is 12.9. The molecule has 0 aromatic heterocycles. The zero-order valence-corrected chi connectivity index (χ0v) is 13.7. The van der Waals surface area contributed by atoms with E-state index in [9.17, 15) is 4.79 Å². The molecule has 0 radical (unpaired) electrons. The van der Waals surface area contributed by atoms with Crippen LogP contribution < -0.4 is 5.32 Å². The molecule has 1 aromatic rings. The summed E-state index contributed by atoms with van der Waals surface area (Å²) in [4.78, 5) is 13.8. The minimum Gasteiger partial charge on any atom is -0.343 e. The topological polar surface area (TPSA) is 32.3 Å². The van der Waals surface area contributed by atoms with Crippen LogP contribution in [-0.4, -0.2) is 36.5 Å². The summed E-state index contributed by atoms with van der Waals surface area (Å²) < 4.78 is 0. The van der Waals surface area contributed by atoms with E-state index in [1.807, 2.05) is 30.9 Å². The average Bonchev–Trinajstić information content (AvgIpc) is 2.44. The van der Waals surface area contributed by atoms with Crippen molar-refractivity contribution >= 4 is 17.5 Å². The van der Waals surface area contributed by atoms with Crippen molar-refractivity contribution in [3.8, 4) is 0 Å². The molecule has 2 rings (SSSR count). The second kappa shape index (κ2) is 7.81. The molecule has 1 fully saturated rings. The van der Waals surface area contributed by atoms with Crippen LogP contribution in [0.1, 0.15) is 44.6 Å². The van der Waals surface area contributed by atoms with Crippen LogP contribution in [-0.2, 0) is 4.79 Å². The summed E-state index contributed by atoms with van der Waals surface area (Å²) in [5, 5.41) is 4.28. The molecule has 1 aliphatic carbocycles. The SMILES string of the molecule is CCN(CC)C(=O)CCNC1CC(c2ccc(Cl)cc2)C1. The lowest BCUT2D eigenvalue weighted by molar-refractivity contribution is -0.130. The Morgan fingerprint density at radius 1 is 1.24 bits per heavy atom. The lowest BCUT2D eigenvalue weighted by Gasteiger charge is -2.36. The molecular formula is C17H25ClN2O. The zero-order chi connectivity index (χ0) is 15.2. The van der Waals surface area contributed by atoms with Gasteiger partial charge in [-0.2, -0.15) is 0 Å². The Hall–Kier alpha value is -1.06. The summed E-state index contributed by atoms with van der Waals surface area (Å²) >= 11 is 5.91. The predicted molar refractivity (Wildman–Crippen MR) is 87.8 cm³/mol. The van der Waals surface area contributed by atoms with Crippen molar-refractivity contribution in [3.05, 3.63) is 34.9 Å². The van der Waals surface area contributed by atoms with Crippen molar-refractivity contribution in [3.63, 3.8) is 0 Å². The normalized spacial score (nSPS) is 20.9. The maximum absolute atomic E-state index is 11.9. The van der Waals surface area contributed by atoms with Crippen LogP contribution >= 0.6 is 11.6 Å². The van der Waals surface area contributed by atoms with Crippen LogP contribution in [0.25, 0.3) is 0 Å². The third kappa shape index (κ3) is 4.45. The van der Waals surface area contributed by atoms with Crippen molar-refractivity contribution in [1.82, 2.24) is 10.2 Å². The number of nitrogens with zero attached hydrogens (tertiary/aromatic N) is 1. The molecule has 21 heavy (non-hydrogen) atoms. The summed E-state index contributed by atoms with van der Waals surface area (Å²) in [6, 6.07) is 8.70. The van der Waals surface area contributed by atoms with Crippen molar-refractivity contribution in [2.75, 3.05) is 19.6 Å². The summed E-state index contributed by atoms with van der Waals surface area (Å²) in [5.74, 6) is 0.888. The average molecular weight is 309 g/mol.